The molecule has 2 nitrogen and oxygen atoms in total. The lowest BCUT2D eigenvalue weighted by Crippen LogP contribution is -2.09. The lowest BCUT2D eigenvalue weighted by Gasteiger charge is -2.26. The minimum absolute atomic E-state index is 0.981. The van der Waals surface area contributed by atoms with Crippen molar-refractivity contribution in [1.82, 2.24) is 9.13 Å². The van der Waals surface area contributed by atoms with Crippen molar-refractivity contribution in [2.24, 2.45) is 0 Å². The summed E-state index contributed by atoms with van der Waals surface area (Å²) in [5.41, 5.74) is 16.0. The molecule has 11 aromatic rings. The molecule has 56 heavy (non-hydrogen) atoms. The number of hydrogen-bond acceptors (Lipinski definition) is 0. The van der Waals surface area contributed by atoms with Gasteiger partial charge in [-0.2, -0.15) is 0 Å². The molecule has 0 saturated carbocycles. The Bertz CT molecular complexity index is 3660. The molecule has 0 unspecified atom stereocenters. The summed E-state index contributed by atoms with van der Waals surface area (Å²) in [5, 5.41) is 18.5. The molecular formula is C54H38N2. The maximum Gasteiger partial charge on any atom is 0.0785 e. The Hall–Kier alpha value is -6.64. The molecule has 2 aromatic heterocycles. The third-order valence-corrected chi connectivity index (χ3v) is 13.9. The number of aryl methyl sites for hydroxylation is 2. The van der Waals surface area contributed by atoms with E-state index in [4.69, 9.17) is 0 Å². The largest absolute Gasteiger partial charge is 0.310 e. The highest BCUT2D eigenvalue weighted by molar-refractivity contribution is 6.29. The van der Waals surface area contributed by atoms with Gasteiger partial charge in [0.15, 0.2) is 0 Å². The van der Waals surface area contributed by atoms with Gasteiger partial charge in [-0.05, 0) is 129 Å². The van der Waals surface area contributed by atoms with Crippen LogP contribution in [0.25, 0.3) is 109 Å². The summed E-state index contributed by atoms with van der Waals surface area (Å²) in [6.07, 6.45) is 9.12. The van der Waals surface area contributed by atoms with Gasteiger partial charge < -0.3 is 9.13 Å². The Balaban J connectivity index is 1.28. The van der Waals surface area contributed by atoms with E-state index in [0.29, 0.717) is 0 Å². The number of fused-ring (bicyclic) bond motifs is 7. The Labute approximate surface area is 324 Å². The predicted octanol–water partition coefficient (Wildman–Crippen LogP) is 14.5. The molecule has 264 valence electrons. The van der Waals surface area contributed by atoms with Crippen LogP contribution in [0.4, 0.5) is 0 Å². The first-order chi connectivity index (χ1) is 27.5. The van der Waals surface area contributed by atoms with Crippen molar-refractivity contribution in [1.29, 1.82) is 0 Å². The lowest BCUT2D eigenvalue weighted by molar-refractivity contribution is 0.995. The molecule has 0 atom stereocenters. The summed E-state index contributed by atoms with van der Waals surface area (Å²) < 4.78 is 5.31. The number of allylic oxidation sites excluding steroid dienone is 3. The standard InChI is InChI=1S/C54H38N2/c1-29-31(3)55(51-43-25-23-35-13-9-11-33-19-21-37(27-45(29)51)49(43)47(33)35)53-41-17-7-5-15-39(41)40-16-6-8-18-42(40)54(53)56-32(4)30(2)46-28-38-22-20-34-12-10-14-36-24-26-44(52(46)56)50(38)48(34)36/h5-11,13-21,23-28H,12,22H2,1-4H3. The van der Waals surface area contributed by atoms with Crippen LogP contribution in [-0.4, -0.2) is 9.13 Å². The molecule has 0 saturated heterocycles. The van der Waals surface area contributed by atoms with E-state index in [0.717, 1.165) is 12.8 Å². The quantitative estimate of drug-likeness (QED) is 0.158. The summed E-state index contributed by atoms with van der Waals surface area (Å²) in [6.45, 7) is 9.35. The number of nitrogens with zero attached hydrogens (tertiary/aromatic N) is 2. The maximum absolute atomic E-state index is 2.66. The predicted molar refractivity (Wildman–Crippen MR) is 241 cm³/mol. The third kappa shape index (κ3) is 3.63. The molecule has 0 amide bonds. The maximum atomic E-state index is 2.66. The Morgan fingerprint density at radius 2 is 1.02 bits per heavy atom. The van der Waals surface area contributed by atoms with Crippen molar-refractivity contribution in [3.05, 3.63) is 167 Å². The molecule has 0 spiro atoms. The van der Waals surface area contributed by atoms with Crippen LogP contribution in [-0.2, 0) is 6.42 Å². The summed E-state index contributed by atoms with van der Waals surface area (Å²) in [5.74, 6) is 0. The van der Waals surface area contributed by atoms with Crippen molar-refractivity contribution in [2.45, 2.75) is 40.5 Å². The van der Waals surface area contributed by atoms with Gasteiger partial charge in [0.1, 0.15) is 0 Å². The van der Waals surface area contributed by atoms with Gasteiger partial charge in [0.2, 0.25) is 0 Å². The minimum Gasteiger partial charge on any atom is -0.310 e. The molecule has 13 rings (SSSR count). The molecule has 0 aliphatic heterocycles. The van der Waals surface area contributed by atoms with E-state index in [2.05, 4.69) is 170 Å². The van der Waals surface area contributed by atoms with Crippen molar-refractivity contribution in [2.75, 3.05) is 0 Å². The number of rotatable bonds is 2. The van der Waals surface area contributed by atoms with Crippen molar-refractivity contribution in [3.8, 4) is 11.4 Å². The van der Waals surface area contributed by atoms with Crippen LogP contribution < -0.4 is 0 Å². The smallest absolute Gasteiger partial charge is 0.0785 e. The Kier molecular flexibility index (Phi) is 5.78. The summed E-state index contributed by atoms with van der Waals surface area (Å²) >= 11 is 0. The monoisotopic (exact) mass is 714 g/mol. The zero-order valence-corrected chi connectivity index (χ0v) is 32.0. The summed E-state index contributed by atoms with van der Waals surface area (Å²) in [7, 11) is 0. The first-order valence-electron chi connectivity index (χ1n) is 20.1. The van der Waals surface area contributed by atoms with Crippen LogP contribution in [0.2, 0.25) is 0 Å². The van der Waals surface area contributed by atoms with Gasteiger partial charge in [-0.1, -0.05) is 121 Å². The lowest BCUT2D eigenvalue weighted by atomic mass is 9.81. The van der Waals surface area contributed by atoms with E-state index in [9.17, 15) is 0 Å². The zero-order valence-electron chi connectivity index (χ0n) is 32.0. The van der Waals surface area contributed by atoms with Crippen molar-refractivity contribution in [3.63, 3.8) is 0 Å². The van der Waals surface area contributed by atoms with Crippen LogP contribution in [0.5, 0.6) is 0 Å². The molecule has 0 N–H and O–H groups in total. The van der Waals surface area contributed by atoms with Crippen LogP contribution in [0, 0.1) is 27.7 Å². The molecule has 9 aromatic carbocycles. The highest BCUT2D eigenvalue weighted by Crippen LogP contribution is 2.49. The van der Waals surface area contributed by atoms with Gasteiger partial charge >= 0.3 is 0 Å². The van der Waals surface area contributed by atoms with Crippen LogP contribution in [0.3, 0.4) is 0 Å². The molecule has 2 heteroatoms. The van der Waals surface area contributed by atoms with E-state index in [1.54, 1.807) is 0 Å². The molecular weight excluding hydrogens is 677 g/mol. The van der Waals surface area contributed by atoms with Gasteiger partial charge in [0.25, 0.3) is 0 Å². The average Bonchev–Trinajstić information content (AvgIpc) is 3.64. The first-order valence-corrected chi connectivity index (χ1v) is 20.1. The molecule has 0 radical (unpaired) electrons. The second-order valence-electron chi connectivity index (χ2n) is 16.4. The SMILES string of the molecule is Cc1c(C)n(-c2c(-n3c(C)c(C)c4cc5ccc6cccc7ccc(c5c67)c43)c3ccccc3c3ccccc23)c2c1cc1c3c4c(ccc32)C=CCC4=CC1. The average molecular weight is 715 g/mol. The minimum atomic E-state index is 0.981. The molecule has 2 aliphatic carbocycles. The first kappa shape index (κ1) is 30.7. The Morgan fingerprint density at radius 1 is 0.446 bits per heavy atom. The molecule has 2 aliphatic rings. The van der Waals surface area contributed by atoms with E-state index >= 15 is 0 Å². The molecule has 0 fully saturated rings. The van der Waals surface area contributed by atoms with Gasteiger partial charge in [-0.3, -0.25) is 0 Å². The van der Waals surface area contributed by atoms with Crippen molar-refractivity contribution >= 4 is 98.1 Å². The van der Waals surface area contributed by atoms with Crippen LogP contribution >= 0.6 is 0 Å². The number of benzene rings is 9. The van der Waals surface area contributed by atoms with E-state index in [-0.39, 0.29) is 0 Å². The van der Waals surface area contributed by atoms with Crippen LogP contribution in [0.1, 0.15) is 45.6 Å². The topological polar surface area (TPSA) is 9.86 Å². The van der Waals surface area contributed by atoms with Crippen molar-refractivity contribution < 1.29 is 0 Å². The summed E-state index contributed by atoms with van der Waals surface area (Å²) in [6, 6.07) is 44.1. The number of aromatic nitrogens is 2. The fourth-order valence-corrected chi connectivity index (χ4v) is 11.1. The second kappa shape index (κ2) is 10.6. The Morgan fingerprint density at radius 3 is 1.70 bits per heavy atom. The highest BCUT2D eigenvalue weighted by Gasteiger charge is 2.29. The normalized spacial score (nSPS) is 14.0. The molecule has 0 bridgehead atoms. The van der Waals surface area contributed by atoms with E-state index in [1.165, 1.54) is 143 Å². The highest BCUT2D eigenvalue weighted by atomic mass is 15.1. The van der Waals surface area contributed by atoms with E-state index in [1.807, 2.05) is 0 Å². The van der Waals surface area contributed by atoms with E-state index < -0.39 is 0 Å². The fraction of sp³-hybridized carbons (Fsp3) is 0.111. The van der Waals surface area contributed by atoms with Crippen LogP contribution in [0.15, 0.2) is 127 Å². The van der Waals surface area contributed by atoms with Gasteiger partial charge in [0.05, 0.1) is 22.4 Å². The molecule has 2 heterocycles. The van der Waals surface area contributed by atoms with Gasteiger partial charge in [0, 0.05) is 43.7 Å². The summed E-state index contributed by atoms with van der Waals surface area (Å²) in [4.78, 5) is 0. The third-order valence-electron chi connectivity index (χ3n) is 13.9. The van der Waals surface area contributed by atoms with Gasteiger partial charge in [-0.15, -0.1) is 0 Å². The zero-order chi connectivity index (χ0) is 37.1. The van der Waals surface area contributed by atoms with Gasteiger partial charge in [-0.25, -0.2) is 0 Å². The fourth-order valence-electron chi connectivity index (χ4n) is 11.1. The second-order valence-corrected chi connectivity index (χ2v) is 16.4. The number of hydrogen-bond donors (Lipinski definition) is 0.